The molecular formula is C11H15N5O4. The summed E-state index contributed by atoms with van der Waals surface area (Å²) >= 11 is 0. The SMILES string of the molecule is CO[C@H]1O[C@H](CO)[C@@H](O)[C@@H]1n1cnc2c(N)ncnc21. The Balaban J connectivity index is 2.07. The number of nitrogen functional groups attached to an aromatic ring is 1. The predicted octanol–water partition coefficient (Wildman–Crippen LogP) is -1.33. The molecule has 0 spiro atoms. The summed E-state index contributed by atoms with van der Waals surface area (Å²) in [6, 6.07) is -0.573. The van der Waals surface area contributed by atoms with E-state index in [2.05, 4.69) is 15.0 Å². The Hall–Kier alpha value is -1.81. The van der Waals surface area contributed by atoms with Gasteiger partial charge in [0.2, 0.25) is 0 Å². The van der Waals surface area contributed by atoms with Crippen molar-refractivity contribution >= 4 is 17.0 Å². The number of ether oxygens (including phenoxy) is 2. The second kappa shape index (κ2) is 4.94. The van der Waals surface area contributed by atoms with Gasteiger partial charge >= 0.3 is 0 Å². The van der Waals surface area contributed by atoms with E-state index < -0.39 is 24.5 Å². The van der Waals surface area contributed by atoms with E-state index in [0.29, 0.717) is 11.2 Å². The Kier molecular flexibility index (Phi) is 3.26. The minimum absolute atomic E-state index is 0.259. The molecule has 3 rings (SSSR count). The smallest absolute Gasteiger partial charge is 0.181 e. The van der Waals surface area contributed by atoms with Crippen molar-refractivity contribution in [3.8, 4) is 0 Å². The van der Waals surface area contributed by atoms with Crippen LogP contribution in [-0.4, -0.2) is 61.9 Å². The highest BCUT2D eigenvalue weighted by atomic mass is 16.7. The number of fused-ring (bicyclic) bond motifs is 1. The largest absolute Gasteiger partial charge is 0.394 e. The topological polar surface area (TPSA) is 129 Å². The molecular weight excluding hydrogens is 266 g/mol. The lowest BCUT2D eigenvalue weighted by molar-refractivity contribution is -0.136. The Morgan fingerprint density at radius 3 is 2.95 bits per heavy atom. The third kappa shape index (κ3) is 1.83. The molecule has 4 atom stereocenters. The molecule has 4 N–H and O–H groups in total. The molecule has 1 aliphatic rings. The van der Waals surface area contributed by atoms with Crippen LogP contribution in [-0.2, 0) is 9.47 Å². The molecule has 3 heterocycles. The van der Waals surface area contributed by atoms with Crippen LogP contribution in [0.2, 0.25) is 0 Å². The number of anilines is 1. The van der Waals surface area contributed by atoms with Gasteiger partial charge in [0.15, 0.2) is 17.8 Å². The van der Waals surface area contributed by atoms with Gasteiger partial charge in [0, 0.05) is 7.11 Å². The molecule has 2 aromatic heterocycles. The summed E-state index contributed by atoms with van der Waals surface area (Å²) < 4.78 is 12.3. The van der Waals surface area contributed by atoms with Crippen LogP contribution in [0, 0.1) is 0 Å². The molecule has 20 heavy (non-hydrogen) atoms. The molecule has 1 fully saturated rings. The molecule has 0 bridgehead atoms. The Morgan fingerprint density at radius 2 is 2.25 bits per heavy atom. The molecule has 2 aromatic rings. The van der Waals surface area contributed by atoms with Gasteiger partial charge < -0.3 is 30.0 Å². The van der Waals surface area contributed by atoms with E-state index in [-0.39, 0.29) is 12.4 Å². The van der Waals surface area contributed by atoms with E-state index in [1.807, 2.05) is 0 Å². The maximum atomic E-state index is 10.3. The van der Waals surface area contributed by atoms with Crippen molar-refractivity contribution in [3.63, 3.8) is 0 Å². The molecule has 1 aliphatic heterocycles. The summed E-state index contributed by atoms with van der Waals surface area (Å²) in [6.45, 7) is -0.304. The fourth-order valence-corrected chi connectivity index (χ4v) is 2.44. The zero-order chi connectivity index (χ0) is 14.3. The van der Waals surface area contributed by atoms with E-state index in [1.54, 1.807) is 4.57 Å². The van der Waals surface area contributed by atoms with Crippen molar-refractivity contribution in [1.29, 1.82) is 0 Å². The van der Waals surface area contributed by atoms with Gasteiger partial charge in [-0.05, 0) is 0 Å². The third-order valence-electron chi connectivity index (χ3n) is 3.44. The first-order chi connectivity index (χ1) is 9.67. The summed E-state index contributed by atoms with van der Waals surface area (Å²) in [5.74, 6) is 0.259. The number of rotatable bonds is 3. The Labute approximate surface area is 114 Å². The van der Waals surface area contributed by atoms with Gasteiger partial charge in [-0.25, -0.2) is 15.0 Å². The van der Waals surface area contributed by atoms with Crippen LogP contribution in [0.4, 0.5) is 5.82 Å². The van der Waals surface area contributed by atoms with Crippen molar-refractivity contribution in [2.75, 3.05) is 19.5 Å². The van der Waals surface area contributed by atoms with Gasteiger partial charge in [-0.15, -0.1) is 0 Å². The standard InChI is InChI=1S/C11H15N5O4/c1-19-11-7(8(18)5(2-17)20-11)16-4-15-6-9(12)13-3-14-10(6)16/h3-5,7-8,11,17-18H,2H2,1H3,(H2,12,13,14)/t5-,7+,8-,11+/m1/s1. The normalized spacial score (nSPS) is 30.1. The lowest BCUT2D eigenvalue weighted by Crippen LogP contribution is -2.32. The van der Waals surface area contributed by atoms with E-state index in [1.165, 1.54) is 19.8 Å². The molecule has 9 nitrogen and oxygen atoms in total. The Bertz CT molecular complexity index is 616. The summed E-state index contributed by atoms with van der Waals surface area (Å²) in [7, 11) is 1.46. The highest BCUT2D eigenvalue weighted by Gasteiger charge is 2.45. The van der Waals surface area contributed by atoms with Crippen molar-refractivity contribution in [3.05, 3.63) is 12.7 Å². The second-order valence-corrected chi connectivity index (χ2v) is 4.53. The molecule has 0 aliphatic carbocycles. The van der Waals surface area contributed by atoms with Gasteiger partial charge in [-0.3, -0.25) is 0 Å². The van der Waals surface area contributed by atoms with Gasteiger partial charge in [0.1, 0.15) is 30.1 Å². The van der Waals surface area contributed by atoms with Crippen molar-refractivity contribution < 1.29 is 19.7 Å². The first kappa shape index (κ1) is 13.2. The summed E-state index contributed by atoms with van der Waals surface area (Å²) in [5.41, 5.74) is 6.66. The molecule has 0 radical (unpaired) electrons. The number of imidazole rings is 1. The number of aliphatic hydroxyl groups excluding tert-OH is 2. The van der Waals surface area contributed by atoms with Crippen LogP contribution < -0.4 is 5.73 Å². The van der Waals surface area contributed by atoms with Crippen LogP contribution in [0.15, 0.2) is 12.7 Å². The highest BCUT2D eigenvalue weighted by Crippen LogP contribution is 2.33. The lowest BCUT2D eigenvalue weighted by atomic mass is 10.1. The van der Waals surface area contributed by atoms with Crippen molar-refractivity contribution in [1.82, 2.24) is 19.5 Å². The fraction of sp³-hybridized carbons (Fsp3) is 0.545. The minimum Gasteiger partial charge on any atom is -0.394 e. The van der Waals surface area contributed by atoms with Gasteiger partial charge in [0.25, 0.3) is 0 Å². The Morgan fingerprint density at radius 1 is 1.45 bits per heavy atom. The van der Waals surface area contributed by atoms with Gasteiger partial charge in [0.05, 0.1) is 12.9 Å². The van der Waals surface area contributed by atoms with E-state index in [9.17, 15) is 10.2 Å². The molecule has 108 valence electrons. The van der Waals surface area contributed by atoms with Crippen LogP contribution in [0.5, 0.6) is 0 Å². The zero-order valence-corrected chi connectivity index (χ0v) is 10.7. The summed E-state index contributed by atoms with van der Waals surface area (Å²) in [5, 5.41) is 19.5. The number of hydrogen-bond acceptors (Lipinski definition) is 8. The van der Waals surface area contributed by atoms with Crippen molar-refractivity contribution in [2.45, 2.75) is 24.5 Å². The van der Waals surface area contributed by atoms with Gasteiger partial charge in [-0.1, -0.05) is 0 Å². The molecule has 0 saturated carbocycles. The molecule has 0 unspecified atom stereocenters. The summed E-state index contributed by atoms with van der Waals surface area (Å²) in [4.78, 5) is 12.1. The zero-order valence-electron chi connectivity index (χ0n) is 10.7. The maximum Gasteiger partial charge on any atom is 0.181 e. The van der Waals surface area contributed by atoms with Crippen molar-refractivity contribution in [2.24, 2.45) is 0 Å². The number of hydrogen-bond donors (Lipinski definition) is 3. The number of nitrogens with two attached hydrogens (primary N) is 1. The molecule has 0 aromatic carbocycles. The minimum atomic E-state index is -0.946. The van der Waals surface area contributed by atoms with Crippen LogP contribution >= 0.6 is 0 Å². The number of aliphatic hydroxyl groups is 2. The number of aromatic nitrogens is 4. The first-order valence-electron chi connectivity index (χ1n) is 6.07. The molecule has 9 heteroatoms. The maximum absolute atomic E-state index is 10.3. The van der Waals surface area contributed by atoms with E-state index in [0.717, 1.165) is 0 Å². The second-order valence-electron chi connectivity index (χ2n) is 4.53. The van der Waals surface area contributed by atoms with Gasteiger partial charge in [-0.2, -0.15) is 0 Å². The number of methoxy groups -OCH3 is 1. The van der Waals surface area contributed by atoms with Crippen LogP contribution in [0.3, 0.4) is 0 Å². The van der Waals surface area contributed by atoms with E-state index in [4.69, 9.17) is 15.2 Å². The number of nitrogens with zero attached hydrogens (tertiary/aromatic N) is 4. The van der Waals surface area contributed by atoms with Crippen LogP contribution in [0.1, 0.15) is 6.04 Å². The average molecular weight is 281 g/mol. The quantitative estimate of drug-likeness (QED) is 0.631. The highest BCUT2D eigenvalue weighted by molar-refractivity contribution is 5.81. The first-order valence-corrected chi connectivity index (χ1v) is 6.07. The lowest BCUT2D eigenvalue weighted by Gasteiger charge is -2.20. The summed E-state index contributed by atoms with van der Waals surface area (Å²) in [6.07, 6.45) is 0.443. The third-order valence-corrected chi connectivity index (χ3v) is 3.44. The van der Waals surface area contributed by atoms with Crippen LogP contribution in [0.25, 0.3) is 11.2 Å². The monoisotopic (exact) mass is 281 g/mol. The fourth-order valence-electron chi connectivity index (χ4n) is 2.44. The predicted molar refractivity (Wildman–Crippen MR) is 67.5 cm³/mol. The van der Waals surface area contributed by atoms with E-state index >= 15 is 0 Å². The molecule has 1 saturated heterocycles. The molecule has 0 amide bonds. The average Bonchev–Trinajstić information content (AvgIpc) is 3.00.